The molecule has 0 amide bonds. The Hall–Kier alpha value is -0.840. The Kier molecular flexibility index (Phi) is 3.63. The molecule has 1 fully saturated rings. The summed E-state index contributed by atoms with van der Waals surface area (Å²) in [6.07, 6.45) is 6.24. The van der Waals surface area contributed by atoms with Gasteiger partial charge in [0.25, 0.3) is 5.56 Å². The number of hydrogen-bond acceptors (Lipinski definition) is 3. The van der Waals surface area contributed by atoms with Crippen LogP contribution in [-0.2, 0) is 0 Å². The van der Waals surface area contributed by atoms with Crippen LogP contribution in [-0.4, -0.2) is 16.0 Å². The first-order valence-electron chi connectivity index (χ1n) is 5.66. The van der Waals surface area contributed by atoms with Crippen molar-refractivity contribution in [3.8, 4) is 0 Å². The number of H-pyrrole nitrogens is 1. The van der Waals surface area contributed by atoms with Crippen molar-refractivity contribution in [3.63, 3.8) is 0 Å². The molecule has 0 atom stereocenters. The second kappa shape index (κ2) is 4.99. The molecule has 1 aromatic heterocycles. The molecule has 2 rings (SSSR count). The zero-order valence-electron chi connectivity index (χ0n) is 9.29. The van der Waals surface area contributed by atoms with E-state index in [4.69, 9.17) is 0 Å². The minimum atomic E-state index is -0.137. The lowest BCUT2D eigenvalue weighted by Gasteiger charge is -2.27. The maximum atomic E-state index is 11.4. The van der Waals surface area contributed by atoms with Crippen LogP contribution in [0.2, 0.25) is 0 Å². The number of nitrogens with one attached hydrogen (secondary N) is 2. The first kappa shape index (κ1) is 11.6. The lowest BCUT2D eigenvalue weighted by molar-refractivity contribution is 0.360. The van der Waals surface area contributed by atoms with Crippen molar-refractivity contribution in [2.24, 2.45) is 5.92 Å². The molecule has 0 saturated heterocycles. The number of anilines is 1. The third-order valence-electron chi connectivity index (χ3n) is 3.15. The van der Waals surface area contributed by atoms with Gasteiger partial charge in [-0.15, -0.1) is 0 Å². The highest BCUT2D eigenvalue weighted by Gasteiger charge is 2.19. The van der Waals surface area contributed by atoms with Gasteiger partial charge in [-0.1, -0.05) is 6.92 Å². The fourth-order valence-electron chi connectivity index (χ4n) is 2.08. The topological polar surface area (TPSA) is 57.8 Å². The molecule has 1 saturated carbocycles. The second-order valence-electron chi connectivity index (χ2n) is 4.50. The average Bonchev–Trinajstić information content (AvgIpc) is 2.28. The molecule has 5 heteroatoms. The van der Waals surface area contributed by atoms with E-state index in [1.165, 1.54) is 19.2 Å². The van der Waals surface area contributed by atoms with E-state index < -0.39 is 0 Å². The lowest BCUT2D eigenvalue weighted by Crippen LogP contribution is -2.26. The van der Waals surface area contributed by atoms with E-state index in [0.717, 1.165) is 18.8 Å². The Labute approximate surface area is 103 Å². The quantitative estimate of drug-likeness (QED) is 0.878. The van der Waals surface area contributed by atoms with Gasteiger partial charge in [-0.25, -0.2) is 4.98 Å². The summed E-state index contributed by atoms with van der Waals surface area (Å²) >= 11 is 3.25. The van der Waals surface area contributed by atoms with Crippen LogP contribution >= 0.6 is 15.9 Å². The monoisotopic (exact) mass is 285 g/mol. The van der Waals surface area contributed by atoms with Crippen molar-refractivity contribution >= 4 is 21.7 Å². The van der Waals surface area contributed by atoms with E-state index in [1.807, 2.05) is 0 Å². The summed E-state index contributed by atoms with van der Waals surface area (Å²) in [6.45, 7) is 2.29. The molecule has 0 unspecified atom stereocenters. The van der Waals surface area contributed by atoms with Crippen LogP contribution in [0, 0.1) is 5.92 Å². The summed E-state index contributed by atoms with van der Waals surface area (Å²) in [5.41, 5.74) is -0.137. The van der Waals surface area contributed by atoms with Crippen LogP contribution in [0.3, 0.4) is 0 Å². The summed E-state index contributed by atoms with van der Waals surface area (Å²) in [4.78, 5) is 18.0. The lowest BCUT2D eigenvalue weighted by atomic mass is 9.87. The average molecular weight is 286 g/mol. The summed E-state index contributed by atoms with van der Waals surface area (Å²) in [5, 5.41) is 3.33. The molecule has 4 nitrogen and oxygen atoms in total. The van der Waals surface area contributed by atoms with Crippen molar-refractivity contribution in [1.82, 2.24) is 9.97 Å². The summed E-state index contributed by atoms with van der Waals surface area (Å²) in [5.74, 6) is 1.48. The normalized spacial score (nSPS) is 25.4. The van der Waals surface area contributed by atoms with Crippen molar-refractivity contribution in [1.29, 1.82) is 0 Å². The first-order valence-corrected chi connectivity index (χ1v) is 6.46. The predicted octanol–water partition coefficient (Wildman–Crippen LogP) is 2.52. The number of aromatic nitrogens is 2. The zero-order chi connectivity index (χ0) is 11.5. The van der Waals surface area contributed by atoms with E-state index in [0.29, 0.717) is 16.3 Å². The Morgan fingerprint density at radius 1 is 1.44 bits per heavy atom. The molecule has 88 valence electrons. The fourth-order valence-corrected chi connectivity index (χ4v) is 2.41. The largest absolute Gasteiger partial charge is 0.366 e. The number of rotatable bonds is 2. The highest BCUT2D eigenvalue weighted by Crippen LogP contribution is 2.26. The van der Waals surface area contributed by atoms with Gasteiger partial charge in [-0.3, -0.25) is 4.79 Å². The van der Waals surface area contributed by atoms with Crippen LogP contribution in [0.4, 0.5) is 5.82 Å². The van der Waals surface area contributed by atoms with Gasteiger partial charge in [0.05, 0.1) is 6.33 Å². The third kappa shape index (κ3) is 2.64. The Bertz CT molecular complexity index is 410. The number of halogens is 1. The van der Waals surface area contributed by atoms with Gasteiger partial charge in [-0.05, 0) is 47.5 Å². The van der Waals surface area contributed by atoms with Gasteiger partial charge < -0.3 is 10.3 Å². The molecule has 1 aliphatic rings. The van der Waals surface area contributed by atoms with Gasteiger partial charge in [0.1, 0.15) is 10.3 Å². The molecule has 0 bridgehead atoms. The van der Waals surface area contributed by atoms with Crippen molar-refractivity contribution in [2.75, 3.05) is 5.32 Å². The van der Waals surface area contributed by atoms with Crippen molar-refractivity contribution < 1.29 is 0 Å². The van der Waals surface area contributed by atoms with E-state index in [2.05, 4.69) is 38.1 Å². The fraction of sp³-hybridized carbons (Fsp3) is 0.636. The predicted molar refractivity (Wildman–Crippen MR) is 67.6 cm³/mol. The van der Waals surface area contributed by atoms with Crippen LogP contribution in [0.25, 0.3) is 0 Å². The van der Waals surface area contributed by atoms with E-state index in [9.17, 15) is 4.79 Å². The second-order valence-corrected chi connectivity index (χ2v) is 5.29. The molecule has 1 aliphatic carbocycles. The van der Waals surface area contributed by atoms with E-state index in [1.54, 1.807) is 0 Å². The molecular formula is C11H16BrN3O. The molecule has 2 N–H and O–H groups in total. The van der Waals surface area contributed by atoms with Gasteiger partial charge in [0.15, 0.2) is 0 Å². The smallest absolute Gasteiger partial charge is 0.267 e. The molecule has 0 aliphatic heterocycles. The summed E-state index contributed by atoms with van der Waals surface area (Å²) in [6, 6.07) is 0.446. The minimum absolute atomic E-state index is 0.137. The van der Waals surface area contributed by atoms with Gasteiger partial charge in [0, 0.05) is 6.04 Å². The van der Waals surface area contributed by atoms with Crippen LogP contribution in [0.5, 0.6) is 0 Å². The van der Waals surface area contributed by atoms with Crippen LogP contribution in [0.1, 0.15) is 32.6 Å². The minimum Gasteiger partial charge on any atom is -0.366 e. The van der Waals surface area contributed by atoms with E-state index >= 15 is 0 Å². The molecule has 1 heterocycles. The van der Waals surface area contributed by atoms with Gasteiger partial charge in [0.2, 0.25) is 0 Å². The van der Waals surface area contributed by atoms with Crippen molar-refractivity contribution in [2.45, 2.75) is 38.6 Å². The van der Waals surface area contributed by atoms with Crippen LogP contribution in [0.15, 0.2) is 15.6 Å². The molecule has 0 spiro atoms. The van der Waals surface area contributed by atoms with E-state index in [-0.39, 0.29) is 5.56 Å². The highest BCUT2D eigenvalue weighted by atomic mass is 79.9. The Morgan fingerprint density at radius 3 is 2.81 bits per heavy atom. The Morgan fingerprint density at radius 2 is 2.12 bits per heavy atom. The molecule has 0 aromatic carbocycles. The number of aromatic amines is 1. The first-order chi connectivity index (χ1) is 7.66. The van der Waals surface area contributed by atoms with Gasteiger partial charge in [-0.2, -0.15) is 0 Å². The summed E-state index contributed by atoms with van der Waals surface area (Å²) < 4.78 is 0.494. The Balaban J connectivity index is 2.04. The highest BCUT2D eigenvalue weighted by molar-refractivity contribution is 9.10. The van der Waals surface area contributed by atoms with Crippen LogP contribution < -0.4 is 10.9 Å². The summed E-state index contributed by atoms with van der Waals surface area (Å²) in [7, 11) is 0. The maximum Gasteiger partial charge on any atom is 0.267 e. The maximum absolute atomic E-state index is 11.4. The molecule has 16 heavy (non-hydrogen) atoms. The molecular weight excluding hydrogens is 270 g/mol. The van der Waals surface area contributed by atoms with Crippen molar-refractivity contribution in [3.05, 3.63) is 21.2 Å². The number of hydrogen-bond donors (Lipinski definition) is 2. The SMILES string of the molecule is CC1CCC(Nc2nc[nH]c(=O)c2Br)CC1. The zero-order valence-corrected chi connectivity index (χ0v) is 10.9. The number of nitrogens with zero attached hydrogens (tertiary/aromatic N) is 1. The van der Waals surface area contributed by atoms with Gasteiger partial charge >= 0.3 is 0 Å². The standard InChI is InChI=1S/C11H16BrN3O/c1-7-2-4-8(5-3-7)15-10-9(12)11(16)14-6-13-10/h6-8H,2-5H2,1H3,(H2,13,14,15,16). The molecule has 0 radical (unpaired) electrons. The third-order valence-corrected chi connectivity index (χ3v) is 3.89. The molecule has 1 aromatic rings.